The number of benzene rings is 2. The Labute approximate surface area is 161 Å². The lowest BCUT2D eigenvalue weighted by Gasteiger charge is -2.36. The molecule has 1 N–H and O–H groups in total. The summed E-state index contributed by atoms with van der Waals surface area (Å²) in [7, 11) is 0. The number of rotatable bonds is 2. The van der Waals surface area contributed by atoms with Crippen molar-refractivity contribution in [2.24, 2.45) is 0 Å². The van der Waals surface area contributed by atoms with Crippen LogP contribution in [-0.2, 0) is 19.3 Å². The van der Waals surface area contributed by atoms with Gasteiger partial charge >= 0.3 is 6.03 Å². The molecular formula is C23H27N3O. The van der Waals surface area contributed by atoms with Gasteiger partial charge in [0.15, 0.2) is 0 Å². The molecule has 3 aliphatic rings. The maximum atomic E-state index is 12.8. The molecule has 0 unspecified atom stereocenters. The highest BCUT2D eigenvalue weighted by atomic mass is 16.2. The quantitative estimate of drug-likeness (QED) is 0.869. The minimum absolute atomic E-state index is 0.0235. The number of fused-ring (bicyclic) bond motifs is 2. The summed E-state index contributed by atoms with van der Waals surface area (Å²) >= 11 is 0. The average molecular weight is 361 g/mol. The van der Waals surface area contributed by atoms with Crippen LogP contribution < -0.4 is 10.2 Å². The van der Waals surface area contributed by atoms with Crippen molar-refractivity contribution in [3.63, 3.8) is 0 Å². The van der Waals surface area contributed by atoms with Crippen molar-refractivity contribution < 1.29 is 4.79 Å². The zero-order valence-corrected chi connectivity index (χ0v) is 15.8. The smallest absolute Gasteiger partial charge is 0.308 e. The summed E-state index contributed by atoms with van der Waals surface area (Å²) in [6.07, 6.45) is 7.28. The summed E-state index contributed by atoms with van der Waals surface area (Å²) in [6.45, 7) is 3.08. The van der Waals surface area contributed by atoms with Crippen LogP contribution in [0.2, 0.25) is 0 Å². The molecule has 2 aromatic rings. The summed E-state index contributed by atoms with van der Waals surface area (Å²) in [5.41, 5.74) is 6.06. The van der Waals surface area contributed by atoms with Gasteiger partial charge in [0.2, 0.25) is 0 Å². The number of carbonyl (C=O) groups is 1. The zero-order chi connectivity index (χ0) is 18.2. The topological polar surface area (TPSA) is 35.6 Å². The molecule has 2 amide bonds. The Morgan fingerprint density at radius 3 is 2.48 bits per heavy atom. The molecule has 4 nitrogen and oxygen atoms in total. The Morgan fingerprint density at radius 2 is 1.67 bits per heavy atom. The van der Waals surface area contributed by atoms with Crippen LogP contribution in [0.4, 0.5) is 16.2 Å². The monoisotopic (exact) mass is 361 g/mol. The van der Waals surface area contributed by atoms with Gasteiger partial charge in [0.25, 0.3) is 0 Å². The van der Waals surface area contributed by atoms with Crippen LogP contribution in [0.3, 0.4) is 0 Å². The minimum atomic E-state index is -0.0235. The SMILES string of the molecule is O=C(Nc1ccc2c(c1)CCN(C1CCC1)CC2)N1CCc2ccccc21. The summed E-state index contributed by atoms with van der Waals surface area (Å²) < 4.78 is 0. The highest BCUT2D eigenvalue weighted by Gasteiger charge is 2.27. The number of anilines is 2. The van der Waals surface area contributed by atoms with Crippen molar-refractivity contribution in [1.82, 2.24) is 4.90 Å². The van der Waals surface area contributed by atoms with E-state index < -0.39 is 0 Å². The number of nitrogens with one attached hydrogen (secondary N) is 1. The van der Waals surface area contributed by atoms with Gasteiger partial charge in [-0.2, -0.15) is 0 Å². The van der Waals surface area contributed by atoms with Crippen LogP contribution in [0.25, 0.3) is 0 Å². The third kappa shape index (κ3) is 3.23. The van der Waals surface area contributed by atoms with Crippen LogP contribution in [0, 0.1) is 0 Å². The third-order valence-corrected chi connectivity index (χ3v) is 6.52. The number of hydrogen-bond acceptors (Lipinski definition) is 2. The highest BCUT2D eigenvalue weighted by molar-refractivity contribution is 6.03. The molecule has 0 radical (unpaired) electrons. The molecule has 0 aromatic heterocycles. The van der Waals surface area contributed by atoms with E-state index in [1.165, 1.54) is 42.5 Å². The molecule has 2 aromatic carbocycles. The second-order valence-electron chi connectivity index (χ2n) is 8.06. The summed E-state index contributed by atoms with van der Waals surface area (Å²) in [6, 6.07) is 15.5. The fourth-order valence-corrected chi connectivity index (χ4v) is 4.68. The van der Waals surface area contributed by atoms with Gasteiger partial charge in [-0.25, -0.2) is 4.79 Å². The molecule has 1 fully saturated rings. The first kappa shape index (κ1) is 16.8. The molecule has 5 rings (SSSR count). The van der Waals surface area contributed by atoms with E-state index >= 15 is 0 Å². The molecule has 4 heteroatoms. The number of nitrogens with zero attached hydrogens (tertiary/aromatic N) is 2. The molecule has 140 valence electrons. The van der Waals surface area contributed by atoms with E-state index in [0.717, 1.165) is 49.8 Å². The fraction of sp³-hybridized carbons (Fsp3) is 0.435. The van der Waals surface area contributed by atoms with Crippen molar-refractivity contribution in [3.05, 3.63) is 59.2 Å². The summed E-state index contributed by atoms with van der Waals surface area (Å²) in [5, 5.41) is 3.12. The molecule has 0 atom stereocenters. The van der Waals surface area contributed by atoms with E-state index in [2.05, 4.69) is 34.5 Å². The van der Waals surface area contributed by atoms with E-state index in [4.69, 9.17) is 0 Å². The number of urea groups is 1. The normalized spacial score (nSPS) is 19.8. The summed E-state index contributed by atoms with van der Waals surface area (Å²) in [5.74, 6) is 0. The standard InChI is InChI=1S/C23H27N3O/c27-23(26-15-12-18-4-1-2-7-22(18)26)24-20-9-8-17-10-13-25(21-5-3-6-21)14-11-19(17)16-20/h1-2,4,7-9,16,21H,3,5-6,10-15H2,(H,24,27). The second-order valence-corrected chi connectivity index (χ2v) is 8.06. The first-order valence-electron chi connectivity index (χ1n) is 10.3. The number of carbonyl (C=O) groups excluding carboxylic acids is 1. The Balaban J connectivity index is 1.28. The minimum Gasteiger partial charge on any atom is -0.308 e. The van der Waals surface area contributed by atoms with Crippen molar-refractivity contribution in [1.29, 1.82) is 0 Å². The predicted octanol–water partition coefficient (Wildman–Crippen LogP) is 4.23. The lowest BCUT2D eigenvalue weighted by molar-refractivity contribution is 0.133. The average Bonchev–Trinajstić information content (AvgIpc) is 2.97. The molecule has 1 saturated carbocycles. The van der Waals surface area contributed by atoms with Crippen LogP contribution in [-0.4, -0.2) is 36.6 Å². The van der Waals surface area contributed by atoms with Crippen molar-refractivity contribution >= 4 is 17.4 Å². The molecule has 2 aliphatic heterocycles. The van der Waals surface area contributed by atoms with Gasteiger partial charge in [0.1, 0.15) is 0 Å². The molecule has 1 aliphatic carbocycles. The first-order chi connectivity index (χ1) is 13.3. The number of hydrogen-bond donors (Lipinski definition) is 1. The van der Waals surface area contributed by atoms with Gasteiger partial charge in [0, 0.05) is 37.1 Å². The van der Waals surface area contributed by atoms with Gasteiger partial charge in [-0.05, 0) is 67.0 Å². The van der Waals surface area contributed by atoms with Gasteiger partial charge in [0.05, 0.1) is 0 Å². The van der Waals surface area contributed by atoms with E-state index in [-0.39, 0.29) is 6.03 Å². The molecule has 2 heterocycles. The van der Waals surface area contributed by atoms with Crippen LogP contribution >= 0.6 is 0 Å². The van der Waals surface area contributed by atoms with E-state index in [9.17, 15) is 4.79 Å². The summed E-state index contributed by atoms with van der Waals surface area (Å²) in [4.78, 5) is 17.3. The maximum absolute atomic E-state index is 12.8. The van der Waals surface area contributed by atoms with Crippen molar-refractivity contribution in [2.45, 2.75) is 44.6 Å². The Kier molecular flexibility index (Phi) is 4.36. The Hall–Kier alpha value is -2.33. The third-order valence-electron chi connectivity index (χ3n) is 6.52. The van der Waals surface area contributed by atoms with Gasteiger partial charge in [-0.3, -0.25) is 9.80 Å². The van der Waals surface area contributed by atoms with E-state index in [1.807, 2.05) is 23.1 Å². The van der Waals surface area contributed by atoms with Gasteiger partial charge < -0.3 is 5.32 Å². The second kappa shape index (κ2) is 7.01. The Bertz CT molecular complexity index is 858. The van der Waals surface area contributed by atoms with E-state index in [1.54, 1.807) is 0 Å². The van der Waals surface area contributed by atoms with Crippen LogP contribution in [0.5, 0.6) is 0 Å². The number of para-hydroxylation sites is 1. The Morgan fingerprint density at radius 1 is 0.889 bits per heavy atom. The van der Waals surface area contributed by atoms with Crippen LogP contribution in [0.1, 0.15) is 36.0 Å². The fourth-order valence-electron chi connectivity index (χ4n) is 4.68. The highest BCUT2D eigenvalue weighted by Crippen LogP contribution is 2.30. The molecular weight excluding hydrogens is 334 g/mol. The molecule has 0 saturated heterocycles. The van der Waals surface area contributed by atoms with Crippen molar-refractivity contribution in [3.8, 4) is 0 Å². The van der Waals surface area contributed by atoms with Crippen LogP contribution in [0.15, 0.2) is 42.5 Å². The van der Waals surface area contributed by atoms with Gasteiger partial charge in [-0.15, -0.1) is 0 Å². The zero-order valence-electron chi connectivity index (χ0n) is 15.8. The molecule has 0 bridgehead atoms. The maximum Gasteiger partial charge on any atom is 0.326 e. The first-order valence-corrected chi connectivity index (χ1v) is 10.3. The predicted molar refractivity (Wildman–Crippen MR) is 110 cm³/mol. The lowest BCUT2D eigenvalue weighted by atomic mass is 9.91. The van der Waals surface area contributed by atoms with E-state index in [0.29, 0.717) is 0 Å². The molecule has 0 spiro atoms. The van der Waals surface area contributed by atoms with Gasteiger partial charge in [-0.1, -0.05) is 30.7 Å². The number of amides is 2. The lowest BCUT2D eigenvalue weighted by Crippen LogP contribution is -2.41. The molecule has 27 heavy (non-hydrogen) atoms. The largest absolute Gasteiger partial charge is 0.326 e. The van der Waals surface area contributed by atoms with Crippen molar-refractivity contribution in [2.75, 3.05) is 29.9 Å².